The maximum Gasteiger partial charge on any atom is 0.240 e. The molecule has 0 saturated heterocycles. The maximum absolute atomic E-state index is 12.3. The molecule has 1 aromatic carbocycles. The van der Waals surface area contributed by atoms with Crippen LogP contribution in [0.25, 0.3) is 0 Å². The number of hydrogen-bond donors (Lipinski definition) is 2. The van der Waals surface area contributed by atoms with E-state index in [0.29, 0.717) is 24.7 Å². The molecule has 0 radical (unpaired) electrons. The predicted octanol–water partition coefficient (Wildman–Crippen LogP) is 2.37. The summed E-state index contributed by atoms with van der Waals surface area (Å²) in [4.78, 5) is 12.3. The number of amides is 1. The van der Waals surface area contributed by atoms with E-state index in [0.717, 1.165) is 31.2 Å². The molecule has 0 heterocycles. The van der Waals surface area contributed by atoms with E-state index >= 15 is 0 Å². The highest BCUT2D eigenvalue weighted by molar-refractivity contribution is 5.86. The minimum absolute atomic E-state index is 0.0555. The fourth-order valence-corrected chi connectivity index (χ4v) is 2.86. The lowest BCUT2D eigenvalue weighted by Gasteiger charge is -2.31. The summed E-state index contributed by atoms with van der Waals surface area (Å²) in [6, 6.07) is 5.68. The molecule has 2 rings (SSSR count). The van der Waals surface area contributed by atoms with Crippen LogP contribution in [-0.4, -0.2) is 25.2 Å². The van der Waals surface area contributed by atoms with E-state index in [1.54, 1.807) is 7.11 Å². The minimum Gasteiger partial charge on any atom is -0.493 e. The average Bonchev–Trinajstić information content (AvgIpc) is 2.54. The zero-order valence-corrected chi connectivity index (χ0v) is 13.5. The van der Waals surface area contributed by atoms with E-state index in [-0.39, 0.29) is 5.91 Å². The third kappa shape index (κ3) is 3.91. The van der Waals surface area contributed by atoms with Gasteiger partial charge in [0, 0.05) is 6.54 Å². The molecule has 0 bridgehead atoms. The van der Waals surface area contributed by atoms with Gasteiger partial charge in [0.25, 0.3) is 0 Å². The van der Waals surface area contributed by atoms with Gasteiger partial charge in [0.15, 0.2) is 11.5 Å². The lowest BCUT2D eigenvalue weighted by molar-refractivity contribution is -0.127. The molecule has 22 heavy (non-hydrogen) atoms. The van der Waals surface area contributed by atoms with Crippen molar-refractivity contribution in [2.45, 2.75) is 51.1 Å². The van der Waals surface area contributed by atoms with Gasteiger partial charge in [-0.25, -0.2) is 0 Å². The second-order valence-corrected chi connectivity index (χ2v) is 5.82. The zero-order chi connectivity index (χ0) is 16.0. The first-order valence-electron chi connectivity index (χ1n) is 7.96. The predicted molar refractivity (Wildman–Crippen MR) is 86.0 cm³/mol. The number of nitrogens with one attached hydrogen (secondary N) is 1. The Labute approximate surface area is 132 Å². The third-order valence-corrected chi connectivity index (χ3v) is 4.18. The van der Waals surface area contributed by atoms with Crippen LogP contribution in [0.15, 0.2) is 18.2 Å². The Hall–Kier alpha value is -1.75. The number of hydrogen-bond acceptors (Lipinski definition) is 4. The maximum atomic E-state index is 12.3. The summed E-state index contributed by atoms with van der Waals surface area (Å²) in [6.45, 7) is 2.96. The molecule has 1 aliphatic carbocycles. The van der Waals surface area contributed by atoms with Crippen LogP contribution >= 0.6 is 0 Å². The van der Waals surface area contributed by atoms with E-state index in [1.165, 1.54) is 6.42 Å². The van der Waals surface area contributed by atoms with E-state index in [9.17, 15) is 4.79 Å². The summed E-state index contributed by atoms with van der Waals surface area (Å²) < 4.78 is 10.8. The van der Waals surface area contributed by atoms with Crippen molar-refractivity contribution < 1.29 is 14.3 Å². The number of methoxy groups -OCH3 is 1. The Bertz CT molecular complexity index is 511. The van der Waals surface area contributed by atoms with Crippen LogP contribution in [0.3, 0.4) is 0 Å². The fraction of sp³-hybridized carbons (Fsp3) is 0.588. The SMILES string of the molecule is CCOc1ccc(CNC(=O)C2(N)CCCCC2)cc1OC. The van der Waals surface area contributed by atoms with Gasteiger partial charge in [0.1, 0.15) is 0 Å². The standard InChI is InChI=1S/C17H26N2O3/c1-3-22-14-8-7-13(11-15(14)21-2)12-19-16(20)17(18)9-5-4-6-10-17/h7-8,11H,3-6,9-10,12,18H2,1-2H3,(H,19,20). The lowest BCUT2D eigenvalue weighted by atomic mass is 9.82. The molecular formula is C17H26N2O3. The number of carbonyl (C=O) groups is 1. The molecule has 1 aliphatic rings. The van der Waals surface area contributed by atoms with Gasteiger partial charge in [-0.15, -0.1) is 0 Å². The van der Waals surface area contributed by atoms with Gasteiger partial charge in [0.05, 0.1) is 19.3 Å². The van der Waals surface area contributed by atoms with Gasteiger partial charge in [-0.1, -0.05) is 25.3 Å². The summed E-state index contributed by atoms with van der Waals surface area (Å²) in [5.41, 5.74) is 6.49. The van der Waals surface area contributed by atoms with Crippen molar-refractivity contribution in [3.8, 4) is 11.5 Å². The topological polar surface area (TPSA) is 73.6 Å². The highest BCUT2D eigenvalue weighted by Crippen LogP contribution is 2.29. The van der Waals surface area contributed by atoms with Crippen LogP contribution in [0.4, 0.5) is 0 Å². The number of ether oxygens (including phenoxy) is 2. The second kappa shape index (κ2) is 7.49. The fourth-order valence-electron chi connectivity index (χ4n) is 2.86. The van der Waals surface area contributed by atoms with Gasteiger partial charge < -0.3 is 20.5 Å². The molecule has 1 saturated carbocycles. The smallest absolute Gasteiger partial charge is 0.240 e. The zero-order valence-electron chi connectivity index (χ0n) is 13.5. The molecule has 1 amide bonds. The first-order chi connectivity index (χ1) is 10.6. The summed E-state index contributed by atoms with van der Waals surface area (Å²) in [5.74, 6) is 1.33. The molecule has 3 N–H and O–H groups in total. The molecule has 0 aliphatic heterocycles. The Morgan fingerprint density at radius 2 is 2.00 bits per heavy atom. The van der Waals surface area contributed by atoms with Crippen molar-refractivity contribution in [2.75, 3.05) is 13.7 Å². The Morgan fingerprint density at radius 1 is 1.27 bits per heavy atom. The van der Waals surface area contributed by atoms with Crippen LogP contribution in [0.5, 0.6) is 11.5 Å². The highest BCUT2D eigenvalue weighted by Gasteiger charge is 2.34. The van der Waals surface area contributed by atoms with Gasteiger partial charge in [0.2, 0.25) is 5.91 Å². The first-order valence-corrected chi connectivity index (χ1v) is 7.96. The van der Waals surface area contributed by atoms with Gasteiger partial charge in [-0.3, -0.25) is 4.79 Å². The van der Waals surface area contributed by atoms with E-state index in [1.807, 2.05) is 25.1 Å². The molecular weight excluding hydrogens is 280 g/mol. The van der Waals surface area contributed by atoms with Crippen LogP contribution in [0.2, 0.25) is 0 Å². The molecule has 122 valence electrons. The van der Waals surface area contributed by atoms with Gasteiger partial charge >= 0.3 is 0 Å². The van der Waals surface area contributed by atoms with Crippen molar-refractivity contribution in [2.24, 2.45) is 5.73 Å². The molecule has 1 aromatic rings. The number of rotatable bonds is 6. The molecule has 5 heteroatoms. The average molecular weight is 306 g/mol. The van der Waals surface area contributed by atoms with Crippen molar-refractivity contribution >= 4 is 5.91 Å². The molecule has 5 nitrogen and oxygen atoms in total. The summed E-state index contributed by atoms with van der Waals surface area (Å²) in [7, 11) is 1.61. The summed E-state index contributed by atoms with van der Waals surface area (Å²) in [6.07, 6.45) is 4.76. The second-order valence-electron chi connectivity index (χ2n) is 5.82. The molecule has 0 unspecified atom stereocenters. The van der Waals surface area contributed by atoms with Crippen LogP contribution in [-0.2, 0) is 11.3 Å². The first kappa shape index (κ1) is 16.6. The summed E-state index contributed by atoms with van der Waals surface area (Å²) in [5, 5.41) is 2.95. The molecule has 1 fully saturated rings. The number of nitrogens with two attached hydrogens (primary N) is 1. The highest BCUT2D eigenvalue weighted by atomic mass is 16.5. The number of carbonyl (C=O) groups excluding carboxylic acids is 1. The Balaban J connectivity index is 1.97. The van der Waals surface area contributed by atoms with Gasteiger partial charge in [-0.2, -0.15) is 0 Å². The van der Waals surface area contributed by atoms with E-state index in [4.69, 9.17) is 15.2 Å². The monoisotopic (exact) mass is 306 g/mol. The van der Waals surface area contributed by atoms with Gasteiger partial charge in [-0.05, 0) is 37.5 Å². The lowest BCUT2D eigenvalue weighted by Crippen LogP contribution is -2.54. The Kier molecular flexibility index (Phi) is 5.66. The van der Waals surface area contributed by atoms with Crippen molar-refractivity contribution in [3.05, 3.63) is 23.8 Å². The number of benzene rings is 1. The van der Waals surface area contributed by atoms with Crippen LogP contribution in [0, 0.1) is 0 Å². The molecule has 0 spiro atoms. The van der Waals surface area contributed by atoms with E-state index < -0.39 is 5.54 Å². The van der Waals surface area contributed by atoms with Crippen LogP contribution < -0.4 is 20.5 Å². The van der Waals surface area contributed by atoms with Crippen molar-refractivity contribution in [1.29, 1.82) is 0 Å². The van der Waals surface area contributed by atoms with Crippen molar-refractivity contribution in [1.82, 2.24) is 5.32 Å². The van der Waals surface area contributed by atoms with Crippen LogP contribution in [0.1, 0.15) is 44.6 Å². The summed E-state index contributed by atoms with van der Waals surface area (Å²) >= 11 is 0. The largest absolute Gasteiger partial charge is 0.493 e. The quantitative estimate of drug-likeness (QED) is 0.846. The molecule has 0 aromatic heterocycles. The minimum atomic E-state index is -0.701. The van der Waals surface area contributed by atoms with E-state index in [2.05, 4.69) is 5.32 Å². The Morgan fingerprint density at radius 3 is 2.64 bits per heavy atom. The van der Waals surface area contributed by atoms with Crippen molar-refractivity contribution in [3.63, 3.8) is 0 Å². The molecule has 0 atom stereocenters. The third-order valence-electron chi connectivity index (χ3n) is 4.18. The normalized spacial score (nSPS) is 16.9.